The second kappa shape index (κ2) is 8.64. The van der Waals surface area contributed by atoms with E-state index in [1.165, 1.54) is 0 Å². The highest BCUT2D eigenvalue weighted by molar-refractivity contribution is 9.10. The van der Waals surface area contributed by atoms with Crippen LogP contribution in [0.25, 0.3) is 0 Å². The number of nitrogens with zero attached hydrogens (tertiary/aromatic N) is 1. The largest absolute Gasteiger partial charge is 0.350 e. The number of hydrogen-bond acceptors (Lipinski definition) is 2. The predicted octanol–water partition coefficient (Wildman–Crippen LogP) is 3.78. The first kappa shape index (κ1) is 15.6. The molecule has 0 fully saturated rings. The first-order chi connectivity index (χ1) is 8.67. The molecule has 0 radical (unpaired) electrons. The maximum atomic E-state index is 11.9. The number of nitrogens with one attached hydrogen (secondary N) is 1. The molecule has 18 heavy (non-hydrogen) atoms. The Morgan fingerprint density at radius 3 is 2.78 bits per heavy atom. The third-order valence-corrected chi connectivity index (χ3v) is 3.65. The van der Waals surface area contributed by atoms with E-state index in [2.05, 4.69) is 49.1 Å². The van der Waals surface area contributed by atoms with E-state index in [0.29, 0.717) is 11.6 Å². The van der Waals surface area contributed by atoms with Gasteiger partial charge in [-0.15, -0.1) is 0 Å². The number of hydrogen-bond donors (Lipinski definition) is 1. The predicted molar refractivity (Wildman–Crippen MR) is 81.1 cm³/mol. The summed E-state index contributed by atoms with van der Waals surface area (Å²) in [6.07, 6.45) is 5.00. The van der Waals surface area contributed by atoms with E-state index in [-0.39, 0.29) is 5.91 Å². The second-order valence-electron chi connectivity index (χ2n) is 4.20. The fourth-order valence-electron chi connectivity index (χ4n) is 1.75. The maximum absolute atomic E-state index is 11.9. The average molecular weight is 378 g/mol. The van der Waals surface area contributed by atoms with Crippen LogP contribution in [0, 0.1) is 5.92 Å². The van der Waals surface area contributed by atoms with Crippen molar-refractivity contribution in [3.8, 4) is 0 Å². The molecule has 1 atom stereocenters. The van der Waals surface area contributed by atoms with Gasteiger partial charge in [0, 0.05) is 22.5 Å². The molecule has 1 aromatic rings. The number of alkyl halides is 1. The van der Waals surface area contributed by atoms with Crippen LogP contribution in [-0.2, 0) is 0 Å². The van der Waals surface area contributed by atoms with Gasteiger partial charge in [-0.05, 0) is 46.8 Å². The molecule has 1 aromatic heterocycles. The quantitative estimate of drug-likeness (QED) is 0.734. The van der Waals surface area contributed by atoms with Crippen LogP contribution in [0.15, 0.2) is 22.8 Å². The molecule has 1 N–H and O–H groups in total. The lowest BCUT2D eigenvalue weighted by atomic mass is 10.0. The van der Waals surface area contributed by atoms with E-state index in [9.17, 15) is 4.79 Å². The molecule has 0 aliphatic heterocycles. The summed E-state index contributed by atoms with van der Waals surface area (Å²) in [6, 6.07) is 3.54. The van der Waals surface area contributed by atoms with E-state index in [1.54, 1.807) is 12.3 Å². The van der Waals surface area contributed by atoms with Crippen molar-refractivity contribution in [1.82, 2.24) is 10.3 Å². The van der Waals surface area contributed by atoms with Gasteiger partial charge in [0.2, 0.25) is 0 Å². The molecule has 0 aliphatic carbocycles. The van der Waals surface area contributed by atoms with Crippen molar-refractivity contribution in [2.75, 3.05) is 11.9 Å². The van der Waals surface area contributed by atoms with Gasteiger partial charge in [0.15, 0.2) is 0 Å². The molecule has 1 heterocycles. The van der Waals surface area contributed by atoms with Gasteiger partial charge in [0.1, 0.15) is 5.69 Å². The number of halogens is 2. The van der Waals surface area contributed by atoms with Crippen LogP contribution in [0.3, 0.4) is 0 Å². The Morgan fingerprint density at radius 1 is 1.44 bits per heavy atom. The maximum Gasteiger partial charge on any atom is 0.269 e. The molecule has 3 nitrogen and oxygen atoms in total. The highest BCUT2D eigenvalue weighted by Gasteiger charge is 2.11. The number of rotatable bonds is 7. The molecule has 1 amide bonds. The molecule has 0 aromatic carbocycles. The van der Waals surface area contributed by atoms with Gasteiger partial charge < -0.3 is 5.32 Å². The Bertz CT molecular complexity index is 362. The molecule has 5 heteroatoms. The Morgan fingerprint density at radius 2 is 2.22 bits per heavy atom. The normalized spacial score (nSPS) is 12.2. The van der Waals surface area contributed by atoms with Gasteiger partial charge in [-0.2, -0.15) is 0 Å². The van der Waals surface area contributed by atoms with E-state index in [4.69, 9.17) is 0 Å². The molecule has 0 spiro atoms. The summed E-state index contributed by atoms with van der Waals surface area (Å²) in [4.78, 5) is 15.9. The lowest BCUT2D eigenvalue weighted by molar-refractivity contribution is 0.0941. The first-order valence-electron chi connectivity index (χ1n) is 6.13. The lowest BCUT2D eigenvalue weighted by Crippen LogP contribution is -2.30. The van der Waals surface area contributed by atoms with Crippen molar-refractivity contribution in [3.05, 3.63) is 28.5 Å². The minimum Gasteiger partial charge on any atom is -0.350 e. The minimum atomic E-state index is -0.0989. The third-order valence-electron chi connectivity index (χ3n) is 2.73. The minimum absolute atomic E-state index is 0.0989. The monoisotopic (exact) mass is 376 g/mol. The fourth-order valence-corrected chi connectivity index (χ4v) is 2.63. The highest BCUT2D eigenvalue weighted by atomic mass is 79.9. The Balaban J connectivity index is 2.46. The lowest BCUT2D eigenvalue weighted by Gasteiger charge is -2.15. The molecule has 1 rings (SSSR count). The van der Waals surface area contributed by atoms with Gasteiger partial charge in [-0.1, -0.05) is 29.3 Å². The van der Waals surface area contributed by atoms with Gasteiger partial charge in [-0.3, -0.25) is 4.79 Å². The molecule has 0 aliphatic rings. The van der Waals surface area contributed by atoms with Gasteiger partial charge in [0.25, 0.3) is 5.91 Å². The van der Waals surface area contributed by atoms with Crippen LogP contribution in [0.5, 0.6) is 0 Å². The van der Waals surface area contributed by atoms with Crippen LogP contribution >= 0.6 is 31.9 Å². The van der Waals surface area contributed by atoms with E-state index < -0.39 is 0 Å². The molecule has 1 unspecified atom stereocenters. The molecule has 100 valence electrons. The highest BCUT2D eigenvalue weighted by Crippen LogP contribution is 2.12. The van der Waals surface area contributed by atoms with Gasteiger partial charge in [0.05, 0.1) is 0 Å². The zero-order valence-electron chi connectivity index (χ0n) is 10.5. The van der Waals surface area contributed by atoms with Crippen molar-refractivity contribution < 1.29 is 4.79 Å². The van der Waals surface area contributed by atoms with Crippen molar-refractivity contribution in [3.63, 3.8) is 0 Å². The number of aromatic nitrogens is 1. The summed E-state index contributed by atoms with van der Waals surface area (Å²) in [7, 11) is 0. The zero-order valence-corrected chi connectivity index (χ0v) is 13.6. The summed E-state index contributed by atoms with van der Waals surface area (Å²) in [5, 5.41) is 3.93. The van der Waals surface area contributed by atoms with Crippen LogP contribution in [-0.4, -0.2) is 22.8 Å². The summed E-state index contributed by atoms with van der Waals surface area (Å²) >= 11 is 6.75. The topological polar surface area (TPSA) is 42.0 Å². The fraction of sp³-hybridized carbons (Fsp3) is 0.538. The van der Waals surface area contributed by atoms with Crippen LogP contribution in [0.4, 0.5) is 0 Å². The standard InChI is InChI=1S/C13H18Br2N2O/c1-2-3-10(6-7-14)8-17-13(18)12-5-4-11(15)9-16-12/h4-5,9-10H,2-3,6-8H2,1H3,(H,17,18). The van der Waals surface area contributed by atoms with Crippen LogP contribution < -0.4 is 5.32 Å². The Kier molecular flexibility index (Phi) is 7.51. The molecule has 0 bridgehead atoms. The van der Waals surface area contributed by atoms with Crippen molar-refractivity contribution in [2.24, 2.45) is 5.92 Å². The Hall–Kier alpha value is -0.420. The molecular weight excluding hydrogens is 360 g/mol. The van der Waals surface area contributed by atoms with Crippen LogP contribution in [0.2, 0.25) is 0 Å². The summed E-state index contributed by atoms with van der Waals surface area (Å²) in [6.45, 7) is 2.88. The summed E-state index contributed by atoms with van der Waals surface area (Å²) in [5.41, 5.74) is 0.465. The van der Waals surface area contributed by atoms with Gasteiger partial charge >= 0.3 is 0 Å². The van der Waals surface area contributed by atoms with E-state index in [1.807, 2.05) is 6.07 Å². The van der Waals surface area contributed by atoms with E-state index >= 15 is 0 Å². The van der Waals surface area contributed by atoms with Gasteiger partial charge in [-0.25, -0.2) is 4.98 Å². The molecule has 0 saturated heterocycles. The number of carbonyl (C=O) groups excluding carboxylic acids is 1. The summed E-state index contributed by atoms with van der Waals surface area (Å²) < 4.78 is 0.877. The number of amides is 1. The Labute approximate surface area is 125 Å². The number of pyridine rings is 1. The second-order valence-corrected chi connectivity index (χ2v) is 5.91. The smallest absolute Gasteiger partial charge is 0.269 e. The molecular formula is C13H18Br2N2O. The van der Waals surface area contributed by atoms with Crippen molar-refractivity contribution in [2.45, 2.75) is 26.2 Å². The average Bonchev–Trinajstić information content (AvgIpc) is 2.37. The molecule has 0 saturated carbocycles. The van der Waals surface area contributed by atoms with Crippen molar-refractivity contribution >= 4 is 37.8 Å². The SMILES string of the molecule is CCCC(CCBr)CNC(=O)c1ccc(Br)cn1. The third kappa shape index (κ3) is 5.48. The van der Waals surface area contributed by atoms with E-state index in [0.717, 1.165) is 35.6 Å². The zero-order chi connectivity index (χ0) is 13.4. The number of carbonyl (C=O) groups is 1. The van der Waals surface area contributed by atoms with Crippen molar-refractivity contribution in [1.29, 1.82) is 0 Å². The summed E-state index contributed by atoms with van der Waals surface area (Å²) in [5.74, 6) is 0.437. The van der Waals surface area contributed by atoms with Crippen LogP contribution in [0.1, 0.15) is 36.7 Å². The first-order valence-corrected chi connectivity index (χ1v) is 8.04.